The van der Waals surface area contributed by atoms with Gasteiger partial charge in [-0.1, -0.05) is 12.8 Å². The van der Waals surface area contributed by atoms with Gasteiger partial charge in [0.25, 0.3) is 5.56 Å². The fraction of sp³-hybridized carbons (Fsp3) is 0.400. The summed E-state index contributed by atoms with van der Waals surface area (Å²) in [5, 5.41) is 13.4. The highest BCUT2D eigenvalue weighted by Gasteiger charge is 2.17. The molecule has 1 aliphatic rings. The molecule has 0 saturated heterocycles. The molecule has 0 spiro atoms. The number of nitriles is 1. The van der Waals surface area contributed by atoms with E-state index in [2.05, 4.69) is 5.10 Å². The Hall–Kier alpha value is -2.35. The number of nitrogens with zero attached hydrogens (tertiary/aromatic N) is 4. The van der Waals surface area contributed by atoms with Crippen LogP contribution >= 0.6 is 0 Å². The van der Waals surface area contributed by atoms with Crippen molar-refractivity contribution in [2.24, 2.45) is 0 Å². The highest BCUT2D eigenvalue weighted by atomic mass is 16.1. The molecule has 5 nitrogen and oxygen atoms in total. The van der Waals surface area contributed by atoms with Crippen LogP contribution in [0.4, 0.5) is 0 Å². The maximum atomic E-state index is 12.0. The predicted octanol–water partition coefficient (Wildman–Crippen LogP) is 2.08. The van der Waals surface area contributed by atoms with Gasteiger partial charge in [-0.05, 0) is 31.0 Å². The average molecular weight is 268 g/mol. The van der Waals surface area contributed by atoms with Crippen LogP contribution in [0.5, 0.6) is 0 Å². The zero-order valence-electron chi connectivity index (χ0n) is 11.2. The van der Waals surface area contributed by atoms with Crippen LogP contribution in [-0.4, -0.2) is 14.3 Å². The Morgan fingerprint density at radius 1 is 1.30 bits per heavy atom. The van der Waals surface area contributed by atoms with E-state index in [9.17, 15) is 4.79 Å². The number of hydrogen-bond acceptors (Lipinski definition) is 3. The second-order valence-corrected chi connectivity index (χ2v) is 5.19. The lowest BCUT2D eigenvalue weighted by Gasteiger charge is -2.09. The van der Waals surface area contributed by atoms with Crippen LogP contribution in [0.1, 0.15) is 43.0 Å². The standard InChI is InChI=1S/C15H16N4O/c16-10-12-4-3-8-18(15(12)20)11-13-7-9-19(17-13)14-5-1-2-6-14/h3-4,7-9,14H,1-2,5-6,11H2. The summed E-state index contributed by atoms with van der Waals surface area (Å²) in [5.41, 5.74) is 0.766. The third-order valence-corrected chi connectivity index (χ3v) is 3.84. The van der Waals surface area contributed by atoms with E-state index in [0.29, 0.717) is 12.6 Å². The van der Waals surface area contributed by atoms with Crippen molar-refractivity contribution in [2.75, 3.05) is 0 Å². The summed E-state index contributed by atoms with van der Waals surface area (Å²) in [5.74, 6) is 0. The molecule has 2 aromatic rings. The molecule has 2 heterocycles. The quantitative estimate of drug-likeness (QED) is 0.856. The molecule has 20 heavy (non-hydrogen) atoms. The Labute approximate surface area is 117 Å². The lowest BCUT2D eigenvalue weighted by atomic mass is 10.3. The van der Waals surface area contributed by atoms with Crippen molar-refractivity contribution in [3.63, 3.8) is 0 Å². The SMILES string of the molecule is N#Cc1cccn(Cc2ccn(C3CCCC3)n2)c1=O. The van der Waals surface area contributed by atoms with Gasteiger partial charge in [0.15, 0.2) is 0 Å². The molecule has 0 unspecified atom stereocenters. The van der Waals surface area contributed by atoms with E-state index in [1.54, 1.807) is 12.3 Å². The molecule has 1 fully saturated rings. The van der Waals surface area contributed by atoms with Gasteiger partial charge in [0.1, 0.15) is 11.6 Å². The van der Waals surface area contributed by atoms with Crippen LogP contribution in [0.15, 0.2) is 35.4 Å². The van der Waals surface area contributed by atoms with E-state index >= 15 is 0 Å². The Morgan fingerprint density at radius 2 is 2.10 bits per heavy atom. The van der Waals surface area contributed by atoms with Crippen LogP contribution in [0.25, 0.3) is 0 Å². The predicted molar refractivity (Wildman–Crippen MR) is 74.3 cm³/mol. The second kappa shape index (κ2) is 5.33. The second-order valence-electron chi connectivity index (χ2n) is 5.19. The van der Waals surface area contributed by atoms with E-state index in [1.165, 1.54) is 36.3 Å². The van der Waals surface area contributed by atoms with Gasteiger partial charge in [-0.3, -0.25) is 9.48 Å². The summed E-state index contributed by atoms with van der Waals surface area (Å²) in [6.07, 6.45) is 8.59. The van der Waals surface area contributed by atoms with Crippen LogP contribution in [0.2, 0.25) is 0 Å². The Balaban J connectivity index is 1.82. The van der Waals surface area contributed by atoms with Crippen LogP contribution in [-0.2, 0) is 6.54 Å². The number of pyridine rings is 1. The summed E-state index contributed by atoms with van der Waals surface area (Å²) in [6.45, 7) is 0.411. The molecular weight excluding hydrogens is 252 g/mol. The van der Waals surface area contributed by atoms with Gasteiger partial charge in [0.2, 0.25) is 0 Å². The van der Waals surface area contributed by atoms with Crippen molar-refractivity contribution >= 4 is 0 Å². The minimum absolute atomic E-state index is 0.169. The maximum Gasteiger partial charge on any atom is 0.268 e. The fourth-order valence-electron chi connectivity index (χ4n) is 2.75. The fourth-order valence-corrected chi connectivity index (χ4v) is 2.75. The van der Waals surface area contributed by atoms with Crippen molar-refractivity contribution in [1.82, 2.24) is 14.3 Å². The molecule has 0 atom stereocenters. The molecule has 1 aliphatic carbocycles. The van der Waals surface area contributed by atoms with Crippen LogP contribution in [0, 0.1) is 11.3 Å². The molecule has 0 aromatic carbocycles. The first kappa shape index (κ1) is 12.7. The van der Waals surface area contributed by atoms with E-state index in [1.807, 2.05) is 23.0 Å². The monoisotopic (exact) mass is 268 g/mol. The summed E-state index contributed by atoms with van der Waals surface area (Å²) in [7, 11) is 0. The van der Waals surface area contributed by atoms with Crippen molar-refractivity contribution in [3.05, 3.63) is 52.2 Å². The van der Waals surface area contributed by atoms with Crippen molar-refractivity contribution in [1.29, 1.82) is 5.26 Å². The van der Waals surface area contributed by atoms with Crippen LogP contribution < -0.4 is 5.56 Å². The largest absolute Gasteiger partial charge is 0.308 e. The molecule has 0 N–H and O–H groups in total. The molecule has 0 aliphatic heterocycles. The summed E-state index contributed by atoms with van der Waals surface area (Å²) in [6, 6.07) is 7.62. The Bertz CT molecular complexity index is 701. The third kappa shape index (κ3) is 2.37. The van der Waals surface area contributed by atoms with Gasteiger partial charge in [-0.25, -0.2) is 0 Å². The van der Waals surface area contributed by atoms with Gasteiger partial charge in [0.05, 0.1) is 18.3 Å². The van der Waals surface area contributed by atoms with Gasteiger partial charge in [-0.2, -0.15) is 10.4 Å². The summed E-state index contributed by atoms with van der Waals surface area (Å²) < 4.78 is 3.54. The molecule has 2 aromatic heterocycles. The Kier molecular flexibility index (Phi) is 3.38. The smallest absolute Gasteiger partial charge is 0.268 e. The summed E-state index contributed by atoms with van der Waals surface area (Å²) in [4.78, 5) is 12.0. The number of aromatic nitrogens is 3. The maximum absolute atomic E-state index is 12.0. The lowest BCUT2D eigenvalue weighted by Crippen LogP contribution is -2.22. The molecule has 5 heteroatoms. The van der Waals surface area contributed by atoms with Gasteiger partial charge >= 0.3 is 0 Å². The number of hydrogen-bond donors (Lipinski definition) is 0. The number of rotatable bonds is 3. The molecule has 102 valence electrons. The molecule has 0 radical (unpaired) electrons. The average Bonchev–Trinajstić information content (AvgIpc) is 3.11. The van der Waals surface area contributed by atoms with E-state index < -0.39 is 0 Å². The van der Waals surface area contributed by atoms with Crippen molar-refractivity contribution in [2.45, 2.75) is 38.3 Å². The Morgan fingerprint density at radius 3 is 2.85 bits per heavy atom. The normalized spacial score (nSPS) is 15.3. The summed E-state index contributed by atoms with van der Waals surface area (Å²) >= 11 is 0. The molecular formula is C15H16N4O. The first-order valence-corrected chi connectivity index (χ1v) is 6.91. The van der Waals surface area contributed by atoms with Gasteiger partial charge < -0.3 is 4.57 Å². The van der Waals surface area contributed by atoms with Gasteiger partial charge in [-0.15, -0.1) is 0 Å². The zero-order valence-corrected chi connectivity index (χ0v) is 11.2. The minimum atomic E-state index is -0.259. The lowest BCUT2D eigenvalue weighted by molar-refractivity contribution is 0.461. The van der Waals surface area contributed by atoms with Gasteiger partial charge in [0, 0.05) is 12.4 Å². The zero-order chi connectivity index (χ0) is 13.9. The van der Waals surface area contributed by atoms with E-state index in [4.69, 9.17) is 5.26 Å². The van der Waals surface area contributed by atoms with Crippen molar-refractivity contribution in [3.8, 4) is 6.07 Å². The van der Waals surface area contributed by atoms with E-state index in [-0.39, 0.29) is 11.1 Å². The molecule has 3 rings (SSSR count). The minimum Gasteiger partial charge on any atom is -0.308 e. The first-order valence-electron chi connectivity index (χ1n) is 6.91. The molecule has 1 saturated carbocycles. The van der Waals surface area contributed by atoms with Crippen LogP contribution in [0.3, 0.4) is 0 Å². The first-order chi connectivity index (χ1) is 9.78. The highest BCUT2D eigenvalue weighted by Crippen LogP contribution is 2.28. The van der Waals surface area contributed by atoms with E-state index in [0.717, 1.165) is 5.69 Å². The highest BCUT2D eigenvalue weighted by molar-refractivity contribution is 5.25. The third-order valence-electron chi connectivity index (χ3n) is 3.84. The van der Waals surface area contributed by atoms with Crippen molar-refractivity contribution < 1.29 is 0 Å². The topological polar surface area (TPSA) is 63.6 Å². The molecule has 0 amide bonds. The molecule has 0 bridgehead atoms.